The molecule has 1 amide bonds. The van der Waals surface area contributed by atoms with Crippen molar-refractivity contribution in [1.29, 1.82) is 0 Å². The minimum atomic E-state index is -0.0772. The van der Waals surface area contributed by atoms with E-state index in [-0.39, 0.29) is 5.91 Å². The van der Waals surface area contributed by atoms with E-state index in [1.165, 1.54) is 12.8 Å². The van der Waals surface area contributed by atoms with Gasteiger partial charge in [-0.25, -0.2) is 4.98 Å². The molecule has 1 aliphatic carbocycles. The third kappa shape index (κ3) is 4.68. The van der Waals surface area contributed by atoms with Gasteiger partial charge in [0.1, 0.15) is 5.82 Å². The zero-order valence-electron chi connectivity index (χ0n) is 12.7. The maximum absolute atomic E-state index is 12.3. The van der Waals surface area contributed by atoms with Crippen LogP contribution in [0, 0.1) is 0 Å². The fourth-order valence-electron chi connectivity index (χ4n) is 2.37. The number of amides is 1. The van der Waals surface area contributed by atoms with Gasteiger partial charge in [0.25, 0.3) is 5.91 Å². The van der Waals surface area contributed by atoms with E-state index in [9.17, 15) is 4.79 Å². The summed E-state index contributed by atoms with van der Waals surface area (Å²) in [4.78, 5) is 19.0. The molecule has 0 radical (unpaired) electrons. The summed E-state index contributed by atoms with van der Waals surface area (Å²) in [5.41, 5.74) is 0.584. The lowest BCUT2D eigenvalue weighted by Gasteiger charge is -2.20. The minimum Gasteiger partial charge on any atom is -0.370 e. The Hall–Kier alpha value is -1.14. The van der Waals surface area contributed by atoms with Crippen molar-refractivity contribution in [3.8, 4) is 0 Å². The van der Waals surface area contributed by atoms with E-state index in [1.807, 2.05) is 6.92 Å². The molecule has 0 bridgehead atoms. The van der Waals surface area contributed by atoms with E-state index < -0.39 is 0 Å². The van der Waals surface area contributed by atoms with E-state index >= 15 is 0 Å². The molecule has 0 spiro atoms. The van der Waals surface area contributed by atoms with Gasteiger partial charge in [0.15, 0.2) is 0 Å². The number of nitrogens with zero attached hydrogens (tertiary/aromatic N) is 2. The van der Waals surface area contributed by atoms with Crippen molar-refractivity contribution in [1.82, 2.24) is 15.2 Å². The number of halogens is 1. The van der Waals surface area contributed by atoms with Gasteiger partial charge in [-0.2, -0.15) is 0 Å². The van der Waals surface area contributed by atoms with Crippen LogP contribution in [-0.2, 0) is 0 Å². The van der Waals surface area contributed by atoms with Gasteiger partial charge in [-0.1, -0.05) is 6.92 Å². The Kier molecular flexibility index (Phi) is 5.99. The summed E-state index contributed by atoms with van der Waals surface area (Å²) in [6.07, 6.45) is 4.28. The third-order valence-corrected chi connectivity index (χ3v) is 4.03. The Bertz CT molecular complexity index is 491. The van der Waals surface area contributed by atoms with Gasteiger partial charge in [-0.3, -0.25) is 9.69 Å². The van der Waals surface area contributed by atoms with Crippen LogP contribution in [0.1, 0.15) is 37.0 Å². The molecule has 0 aliphatic heterocycles. The summed E-state index contributed by atoms with van der Waals surface area (Å²) >= 11 is 3.37. The molecule has 116 valence electrons. The molecule has 1 heterocycles. The average Bonchev–Trinajstić information content (AvgIpc) is 3.30. The molecular weight excluding hydrogens is 332 g/mol. The van der Waals surface area contributed by atoms with Crippen LogP contribution in [0.2, 0.25) is 0 Å². The Morgan fingerprint density at radius 2 is 2.24 bits per heavy atom. The Morgan fingerprint density at radius 3 is 2.86 bits per heavy atom. The normalized spacial score (nSPS) is 14.3. The van der Waals surface area contributed by atoms with E-state index in [0.29, 0.717) is 17.9 Å². The van der Waals surface area contributed by atoms with Gasteiger partial charge in [0.2, 0.25) is 0 Å². The van der Waals surface area contributed by atoms with Crippen LogP contribution in [0.3, 0.4) is 0 Å². The number of pyridine rings is 1. The summed E-state index contributed by atoms with van der Waals surface area (Å²) in [5.74, 6) is 0.555. The quantitative estimate of drug-likeness (QED) is 0.752. The Balaban J connectivity index is 1.91. The summed E-state index contributed by atoms with van der Waals surface area (Å²) in [6.45, 7) is 7.51. The first kappa shape index (κ1) is 16.2. The van der Waals surface area contributed by atoms with E-state index in [2.05, 4.69) is 43.4 Å². The predicted molar refractivity (Wildman–Crippen MR) is 88.7 cm³/mol. The monoisotopic (exact) mass is 354 g/mol. The molecule has 6 heteroatoms. The number of anilines is 1. The first-order chi connectivity index (χ1) is 10.2. The molecule has 1 aliphatic rings. The number of aromatic nitrogens is 1. The largest absolute Gasteiger partial charge is 0.370 e. The maximum Gasteiger partial charge on any atom is 0.255 e. The van der Waals surface area contributed by atoms with E-state index in [1.54, 1.807) is 12.3 Å². The second-order valence-corrected chi connectivity index (χ2v) is 6.11. The molecule has 2 N–H and O–H groups in total. The zero-order valence-corrected chi connectivity index (χ0v) is 14.2. The number of carbonyl (C=O) groups is 1. The van der Waals surface area contributed by atoms with Crippen LogP contribution in [-0.4, -0.2) is 48.0 Å². The van der Waals surface area contributed by atoms with E-state index in [0.717, 1.165) is 30.1 Å². The second kappa shape index (κ2) is 7.75. The number of hydrogen-bond acceptors (Lipinski definition) is 4. The number of likely N-dealkylation sites (N-methyl/N-ethyl adjacent to an activating group) is 1. The summed E-state index contributed by atoms with van der Waals surface area (Å²) in [5, 5.41) is 6.11. The summed E-state index contributed by atoms with van der Waals surface area (Å²) in [7, 11) is 0. The number of nitrogens with one attached hydrogen (secondary N) is 2. The molecule has 0 aromatic carbocycles. The van der Waals surface area contributed by atoms with Gasteiger partial charge < -0.3 is 10.6 Å². The van der Waals surface area contributed by atoms with Crippen molar-refractivity contribution < 1.29 is 4.79 Å². The summed E-state index contributed by atoms with van der Waals surface area (Å²) in [6, 6.07) is 2.54. The van der Waals surface area contributed by atoms with Crippen LogP contribution in [0.4, 0.5) is 5.82 Å². The van der Waals surface area contributed by atoms with Crippen LogP contribution in [0.25, 0.3) is 0 Å². The Labute approximate surface area is 134 Å². The average molecular weight is 355 g/mol. The maximum atomic E-state index is 12.3. The topological polar surface area (TPSA) is 57.3 Å². The number of carbonyl (C=O) groups excluding carboxylic acids is 1. The molecule has 1 aromatic rings. The van der Waals surface area contributed by atoms with Crippen molar-refractivity contribution in [2.75, 3.05) is 31.5 Å². The molecule has 0 saturated heterocycles. The fraction of sp³-hybridized carbons (Fsp3) is 0.600. The molecule has 0 unspecified atom stereocenters. The first-order valence-electron chi connectivity index (χ1n) is 7.57. The van der Waals surface area contributed by atoms with Crippen LogP contribution < -0.4 is 10.6 Å². The molecule has 1 fully saturated rings. The molecule has 0 atom stereocenters. The van der Waals surface area contributed by atoms with Gasteiger partial charge >= 0.3 is 0 Å². The van der Waals surface area contributed by atoms with Crippen molar-refractivity contribution in [3.63, 3.8) is 0 Å². The van der Waals surface area contributed by atoms with Crippen LogP contribution in [0.5, 0.6) is 0 Å². The molecule has 5 nitrogen and oxygen atoms in total. The highest BCUT2D eigenvalue weighted by Gasteiger charge is 2.27. The SMILES string of the molecule is CCNc1ncc(Br)cc1C(=O)NCCN(CC)C1CC1. The van der Waals surface area contributed by atoms with Crippen LogP contribution >= 0.6 is 15.9 Å². The highest BCUT2D eigenvalue weighted by Crippen LogP contribution is 2.25. The fourth-order valence-corrected chi connectivity index (χ4v) is 2.70. The first-order valence-corrected chi connectivity index (χ1v) is 8.36. The van der Waals surface area contributed by atoms with Crippen molar-refractivity contribution in [2.24, 2.45) is 0 Å². The molecule has 1 saturated carbocycles. The molecule has 2 rings (SSSR count). The van der Waals surface area contributed by atoms with Crippen molar-refractivity contribution >= 4 is 27.7 Å². The lowest BCUT2D eigenvalue weighted by atomic mass is 10.2. The minimum absolute atomic E-state index is 0.0772. The highest BCUT2D eigenvalue weighted by molar-refractivity contribution is 9.10. The molecular formula is C15H23BrN4O. The number of hydrogen-bond donors (Lipinski definition) is 2. The standard InChI is InChI=1S/C15H23BrN4O/c1-3-17-14-13(9-11(16)10-19-14)15(21)18-7-8-20(4-2)12-5-6-12/h9-10,12H,3-8H2,1-2H3,(H,17,19)(H,18,21). The van der Waals surface area contributed by atoms with Crippen molar-refractivity contribution in [2.45, 2.75) is 32.7 Å². The van der Waals surface area contributed by atoms with Crippen molar-refractivity contribution in [3.05, 3.63) is 22.3 Å². The number of rotatable bonds is 8. The third-order valence-electron chi connectivity index (χ3n) is 3.60. The highest BCUT2D eigenvalue weighted by atomic mass is 79.9. The van der Waals surface area contributed by atoms with Gasteiger partial charge in [0, 0.05) is 36.3 Å². The van der Waals surface area contributed by atoms with Gasteiger partial charge in [-0.05, 0) is 48.3 Å². The smallest absolute Gasteiger partial charge is 0.255 e. The van der Waals surface area contributed by atoms with E-state index in [4.69, 9.17) is 0 Å². The lowest BCUT2D eigenvalue weighted by Crippen LogP contribution is -2.36. The lowest BCUT2D eigenvalue weighted by molar-refractivity contribution is 0.0948. The zero-order chi connectivity index (χ0) is 15.2. The summed E-state index contributed by atoms with van der Waals surface area (Å²) < 4.78 is 0.808. The predicted octanol–water partition coefficient (Wildman–Crippen LogP) is 2.49. The molecule has 21 heavy (non-hydrogen) atoms. The molecule has 1 aromatic heterocycles. The van der Waals surface area contributed by atoms with Crippen LogP contribution in [0.15, 0.2) is 16.7 Å². The van der Waals surface area contributed by atoms with Gasteiger partial charge in [-0.15, -0.1) is 0 Å². The van der Waals surface area contributed by atoms with Gasteiger partial charge in [0.05, 0.1) is 5.56 Å². The second-order valence-electron chi connectivity index (χ2n) is 5.20. The Morgan fingerprint density at radius 1 is 1.48 bits per heavy atom.